The van der Waals surface area contributed by atoms with Gasteiger partial charge in [-0.1, -0.05) is 55.5 Å². The van der Waals surface area contributed by atoms with Crippen LogP contribution in [0.2, 0.25) is 0 Å². The van der Waals surface area contributed by atoms with Crippen LogP contribution in [-0.4, -0.2) is 9.55 Å². The van der Waals surface area contributed by atoms with E-state index >= 15 is 0 Å². The fourth-order valence-corrected chi connectivity index (χ4v) is 4.66. The van der Waals surface area contributed by atoms with Gasteiger partial charge in [0.1, 0.15) is 0 Å². The number of nitrogens with one attached hydrogen (secondary N) is 1. The number of halogens is 3. The van der Waals surface area contributed by atoms with E-state index in [-0.39, 0.29) is 5.92 Å². The number of nitrogens with zero attached hydrogens (tertiary/aromatic N) is 1. The maximum Gasteiger partial charge on any atom is 0.416 e. The second kappa shape index (κ2) is 7.90. The molecule has 162 valence electrons. The molecule has 0 aliphatic heterocycles. The second-order valence-electron chi connectivity index (χ2n) is 8.14. The number of aromatic nitrogens is 2. The number of hydrogen-bond donors (Lipinski definition) is 1. The smallest absolute Gasteiger partial charge is 0.361 e. The van der Waals surface area contributed by atoms with Gasteiger partial charge in [0.05, 0.1) is 5.56 Å². The SMILES string of the molecule is CCCn1cc(C(c2ccc(C(F)(F)F)cc2)c2c[nH]c3ccccc23)c2ccccc21. The molecule has 5 rings (SSSR count). The van der Waals surface area contributed by atoms with Crippen LogP contribution in [0.1, 0.15) is 41.5 Å². The molecule has 2 heterocycles. The van der Waals surface area contributed by atoms with Gasteiger partial charge in [-0.15, -0.1) is 0 Å². The highest BCUT2D eigenvalue weighted by atomic mass is 19.4. The zero-order valence-electron chi connectivity index (χ0n) is 17.7. The molecule has 5 aromatic rings. The summed E-state index contributed by atoms with van der Waals surface area (Å²) in [5.41, 5.74) is 4.51. The third kappa shape index (κ3) is 3.48. The number of aryl methyl sites for hydroxylation is 1. The number of alkyl halides is 3. The van der Waals surface area contributed by atoms with Crippen LogP contribution in [-0.2, 0) is 12.7 Å². The summed E-state index contributed by atoms with van der Waals surface area (Å²) < 4.78 is 41.9. The molecule has 0 aliphatic carbocycles. The van der Waals surface area contributed by atoms with E-state index < -0.39 is 11.7 Å². The number of H-pyrrole nitrogens is 1. The Morgan fingerprint density at radius 2 is 1.53 bits per heavy atom. The van der Waals surface area contributed by atoms with E-state index in [1.165, 1.54) is 12.1 Å². The summed E-state index contributed by atoms with van der Waals surface area (Å²) in [6.45, 7) is 3.02. The monoisotopic (exact) mass is 432 g/mol. The summed E-state index contributed by atoms with van der Waals surface area (Å²) in [7, 11) is 0. The molecule has 0 amide bonds. The van der Waals surface area contributed by atoms with Gasteiger partial charge in [-0.05, 0) is 47.4 Å². The standard InChI is InChI=1S/C27H23F3N2/c1-2-15-32-17-23(21-8-4-6-10-25(21)32)26(18-11-13-19(14-12-18)27(28,29)30)22-16-31-24-9-5-3-7-20(22)24/h3-14,16-17,26,31H,2,15H2,1H3. The fraction of sp³-hybridized carbons (Fsp3) is 0.185. The van der Waals surface area contributed by atoms with Crippen LogP contribution in [0.25, 0.3) is 21.8 Å². The molecule has 1 atom stereocenters. The molecule has 2 aromatic heterocycles. The molecule has 0 bridgehead atoms. The molecular weight excluding hydrogens is 409 g/mol. The summed E-state index contributed by atoms with van der Waals surface area (Å²) in [6, 6.07) is 21.9. The van der Waals surface area contributed by atoms with E-state index in [1.807, 2.05) is 36.5 Å². The van der Waals surface area contributed by atoms with Crippen LogP contribution in [0.4, 0.5) is 13.2 Å². The maximum atomic E-state index is 13.2. The lowest BCUT2D eigenvalue weighted by Gasteiger charge is -2.18. The van der Waals surface area contributed by atoms with Gasteiger partial charge < -0.3 is 9.55 Å². The van der Waals surface area contributed by atoms with Gasteiger partial charge in [0.2, 0.25) is 0 Å². The molecule has 0 saturated carbocycles. The fourth-order valence-electron chi connectivity index (χ4n) is 4.66. The van der Waals surface area contributed by atoms with E-state index in [0.717, 1.165) is 51.5 Å². The van der Waals surface area contributed by atoms with Crippen LogP contribution < -0.4 is 0 Å². The minimum Gasteiger partial charge on any atom is -0.361 e. The zero-order chi connectivity index (χ0) is 22.3. The summed E-state index contributed by atoms with van der Waals surface area (Å²) in [6.07, 6.45) is 0.791. The number of aromatic amines is 1. The molecule has 1 unspecified atom stereocenters. The lowest BCUT2D eigenvalue weighted by atomic mass is 9.84. The van der Waals surface area contributed by atoms with E-state index in [2.05, 4.69) is 40.9 Å². The second-order valence-corrected chi connectivity index (χ2v) is 8.14. The highest BCUT2D eigenvalue weighted by Crippen LogP contribution is 2.41. The van der Waals surface area contributed by atoms with Crippen molar-refractivity contribution in [2.75, 3.05) is 0 Å². The molecule has 32 heavy (non-hydrogen) atoms. The first-order valence-electron chi connectivity index (χ1n) is 10.8. The summed E-state index contributed by atoms with van der Waals surface area (Å²) in [4.78, 5) is 3.34. The molecule has 1 N–H and O–H groups in total. The number of hydrogen-bond acceptors (Lipinski definition) is 0. The Hall–Kier alpha value is -3.47. The van der Waals surface area contributed by atoms with Gasteiger partial charge in [-0.2, -0.15) is 13.2 Å². The predicted molar refractivity (Wildman–Crippen MR) is 123 cm³/mol. The number of fused-ring (bicyclic) bond motifs is 2. The van der Waals surface area contributed by atoms with E-state index in [4.69, 9.17) is 0 Å². The Labute approximate surface area is 184 Å². The van der Waals surface area contributed by atoms with Crippen molar-refractivity contribution in [2.24, 2.45) is 0 Å². The van der Waals surface area contributed by atoms with Crippen molar-refractivity contribution in [1.29, 1.82) is 0 Å². The Morgan fingerprint density at radius 1 is 0.844 bits per heavy atom. The van der Waals surface area contributed by atoms with Crippen LogP contribution in [0, 0.1) is 0 Å². The normalized spacial score (nSPS) is 13.1. The lowest BCUT2D eigenvalue weighted by Crippen LogP contribution is -2.07. The highest BCUT2D eigenvalue weighted by Gasteiger charge is 2.31. The van der Waals surface area contributed by atoms with Crippen molar-refractivity contribution >= 4 is 21.8 Å². The lowest BCUT2D eigenvalue weighted by molar-refractivity contribution is -0.137. The number of para-hydroxylation sites is 2. The molecular formula is C27H23F3N2. The van der Waals surface area contributed by atoms with Crippen molar-refractivity contribution in [1.82, 2.24) is 9.55 Å². The minimum absolute atomic E-state index is 0.198. The highest BCUT2D eigenvalue weighted by molar-refractivity contribution is 5.89. The van der Waals surface area contributed by atoms with Gasteiger partial charge in [0.15, 0.2) is 0 Å². The average Bonchev–Trinajstić information content (AvgIpc) is 3.37. The Morgan fingerprint density at radius 3 is 2.25 bits per heavy atom. The molecule has 0 spiro atoms. The zero-order valence-corrected chi connectivity index (χ0v) is 17.7. The molecule has 0 radical (unpaired) electrons. The van der Waals surface area contributed by atoms with Crippen molar-refractivity contribution in [2.45, 2.75) is 32.0 Å². The van der Waals surface area contributed by atoms with Crippen molar-refractivity contribution in [3.05, 3.63) is 107 Å². The van der Waals surface area contributed by atoms with Gasteiger partial charge in [0, 0.05) is 46.7 Å². The van der Waals surface area contributed by atoms with E-state index in [0.29, 0.717) is 0 Å². The predicted octanol–water partition coefficient (Wildman–Crippen LogP) is 7.73. The van der Waals surface area contributed by atoms with E-state index in [9.17, 15) is 13.2 Å². The van der Waals surface area contributed by atoms with Crippen molar-refractivity contribution in [3.63, 3.8) is 0 Å². The first-order valence-corrected chi connectivity index (χ1v) is 10.8. The third-order valence-corrected chi connectivity index (χ3v) is 6.10. The van der Waals surface area contributed by atoms with Gasteiger partial charge in [0.25, 0.3) is 0 Å². The minimum atomic E-state index is -4.36. The van der Waals surface area contributed by atoms with Crippen molar-refractivity contribution < 1.29 is 13.2 Å². The van der Waals surface area contributed by atoms with Gasteiger partial charge in [-0.3, -0.25) is 0 Å². The first-order chi connectivity index (χ1) is 15.5. The van der Waals surface area contributed by atoms with E-state index in [1.54, 1.807) is 12.1 Å². The molecule has 2 nitrogen and oxygen atoms in total. The summed E-state index contributed by atoms with van der Waals surface area (Å²) >= 11 is 0. The topological polar surface area (TPSA) is 20.7 Å². The van der Waals surface area contributed by atoms with Crippen LogP contribution in [0.15, 0.2) is 85.2 Å². The first kappa shape index (κ1) is 20.4. The Balaban J connectivity index is 1.76. The number of benzene rings is 3. The van der Waals surface area contributed by atoms with Crippen LogP contribution in [0.5, 0.6) is 0 Å². The maximum absolute atomic E-state index is 13.2. The molecule has 5 heteroatoms. The number of rotatable bonds is 5. The Bertz CT molecular complexity index is 1370. The third-order valence-electron chi connectivity index (χ3n) is 6.10. The quantitative estimate of drug-likeness (QED) is 0.293. The molecule has 0 aliphatic rings. The van der Waals surface area contributed by atoms with Crippen LogP contribution in [0.3, 0.4) is 0 Å². The largest absolute Gasteiger partial charge is 0.416 e. The van der Waals surface area contributed by atoms with Gasteiger partial charge >= 0.3 is 6.18 Å². The van der Waals surface area contributed by atoms with Gasteiger partial charge in [-0.25, -0.2) is 0 Å². The molecule has 0 fully saturated rings. The van der Waals surface area contributed by atoms with Crippen molar-refractivity contribution in [3.8, 4) is 0 Å². The molecule has 0 saturated heterocycles. The molecule has 3 aromatic carbocycles. The average molecular weight is 432 g/mol. The summed E-state index contributed by atoms with van der Waals surface area (Å²) in [5, 5.41) is 2.20. The van der Waals surface area contributed by atoms with Crippen LogP contribution >= 0.6 is 0 Å². The Kier molecular flexibility index (Phi) is 5.04. The summed E-state index contributed by atoms with van der Waals surface area (Å²) in [5.74, 6) is -0.198.